The standard InChI is InChI=1S/C34H62N6O2/c1-27(2,30(7,8)23(18-29(5,6)36)40-16-13-14-24(40)41)19-32(11,25-26(35)42-25)31(9,10)28(3,4)20-34(21-33(34,12)37)39-17-15-38-22-39/h15,17,22-23,25-26H,13-14,16,18-21,35-37H2,1-12H3. The van der Waals surface area contributed by atoms with Crippen LogP contribution in [0.3, 0.4) is 0 Å². The van der Waals surface area contributed by atoms with Crippen LogP contribution in [-0.4, -0.2) is 56.4 Å². The maximum absolute atomic E-state index is 13.1. The molecule has 3 heterocycles. The van der Waals surface area contributed by atoms with Crippen LogP contribution >= 0.6 is 0 Å². The highest BCUT2D eigenvalue weighted by Crippen LogP contribution is 2.68. The van der Waals surface area contributed by atoms with Crippen LogP contribution < -0.4 is 17.2 Å². The lowest BCUT2D eigenvalue weighted by Gasteiger charge is -2.60. The third kappa shape index (κ3) is 5.37. The average molecular weight is 587 g/mol. The van der Waals surface area contributed by atoms with E-state index in [2.05, 4.69) is 104 Å². The second-order valence-electron chi connectivity index (χ2n) is 17.9. The Morgan fingerprint density at radius 2 is 1.64 bits per heavy atom. The molecule has 3 aliphatic rings. The van der Waals surface area contributed by atoms with Gasteiger partial charge in [0.25, 0.3) is 0 Å². The fourth-order valence-electron chi connectivity index (χ4n) is 8.71. The van der Waals surface area contributed by atoms with Gasteiger partial charge in [-0.15, -0.1) is 0 Å². The van der Waals surface area contributed by atoms with Crippen molar-refractivity contribution in [1.29, 1.82) is 0 Å². The monoisotopic (exact) mass is 586 g/mol. The van der Waals surface area contributed by atoms with Crippen LogP contribution in [0.25, 0.3) is 0 Å². The molecule has 3 fully saturated rings. The van der Waals surface area contributed by atoms with Gasteiger partial charge in [0, 0.05) is 47.9 Å². The van der Waals surface area contributed by atoms with Crippen molar-refractivity contribution in [2.24, 2.45) is 44.3 Å². The molecular formula is C34H62N6O2. The molecule has 0 bridgehead atoms. The van der Waals surface area contributed by atoms with E-state index < -0.39 is 5.54 Å². The van der Waals surface area contributed by atoms with Gasteiger partial charge >= 0.3 is 0 Å². The number of amides is 1. The molecule has 1 aromatic heterocycles. The number of epoxide rings is 1. The smallest absolute Gasteiger partial charge is 0.222 e. The molecule has 6 unspecified atom stereocenters. The maximum Gasteiger partial charge on any atom is 0.222 e. The highest BCUT2D eigenvalue weighted by Gasteiger charge is 2.69. The number of hydrogen-bond acceptors (Lipinski definition) is 6. The first kappa shape index (κ1) is 33.4. The van der Waals surface area contributed by atoms with Crippen molar-refractivity contribution in [2.75, 3.05) is 6.54 Å². The number of imidazole rings is 1. The Morgan fingerprint density at radius 3 is 2.05 bits per heavy atom. The summed E-state index contributed by atoms with van der Waals surface area (Å²) in [6.07, 6.45) is 10.5. The van der Waals surface area contributed by atoms with Gasteiger partial charge in [-0.1, -0.05) is 62.3 Å². The molecule has 240 valence electrons. The number of nitrogens with two attached hydrogens (primary N) is 3. The Kier molecular flexibility index (Phi) is 7.97. The number of carbonyl (C=O) groups excluding carboxylic acids is 1. The summed E-state index contributed by atoms with van der Waals surface area (Å²) in [4.78, 5) is 19.6. The van der Waals surface area contributed by atoms with Gasteiger partial charge in [-0.05, 0) is 74.5 Å². The first-order valence-electron chi connectivity index (χ1n) is 16.1. The molecule has 0 radical (unpaired) electrons. The highest BCUT2D eigenvalue weighted by molar-refractivity contribution is 5.78. The van der Waals surface area contributed by atoms with Crippen LogP contribution in [0.15, 0.2) is 18.7 Å². The molecule has 0 aromatic carbocycles. The Bertz CT molecular complexity index is 1150. The molecule has 8 nitrogen and oxygen atoms in total. The molecule has 8 heteroatoms. The number of likely N-dealkylation sites (tertiary alicyclic amines) is 1. The van der Waals surface area contributed by atoms with Crippen molar-refractivity contribution in [2.45, 2.75) is 157 Å². The van der Waals surface area contributed by atoms with E-state index in [4.69, 9.17) is 21.9 Å². The predicted octanol–water partition coefficient (Wildman–Crippen LogP) is 5.39. The number of aromatic nitrogens is 2. The summed E-state index contributed by atoms with van der Waals surface area (Å²) in [6.45, 7) is 28.6. The number of ether oxygens (including phenoxy) is 1. The van der Waals surface area contributed by atoms with E-state index in [-0.39, 0.29) is 62.4 Å². The van der Waals surface area contributed by atoms with E-state index in [1.807, 2.05) is 12.5 Å². The summed E-state index contributed by atoms with van der Waals surface area (Å²) < 4.78 is 8.43. The molecule has 42 heavy (non-hydrogen) atoms. The normalized spacial score (nSPS) is 31.3. The van der Waals surface area contributed by atoms with E-state index in [9.17, 15) is 4.79 Å². The zero-order chi connectivity index (χ0) is 31.9. The predicted molar refractivity (Wildman–Crippen MR) is 170 cm³/mol. The van der Waals surface area contributed by atoms with Gasteiger partial charge in [0.05, 0.1) is 11.9 Å². The minimum absolute atomic E-state index is 0.0330. The van der Waals surface area contributed by atoms with Crippen molar-refractivity contribution < 1.29 is 9.53 Å². The highest BCUT2D eigenvalue weighted by atomic mass is 16.6. The summed E-state index contributed by atoms with van der Waals surface area (Å²) in [6, 6.07) is 0.0330. The molecule has 1 saturated carbocycles. The quantitative estimate of drug-likeness (QED) is 0.266. The summed E-state index contributed by atoms with van der Waals surface area (Å²) in [5, 5.41) is 0. The van der Waals surface area contributed by atoms with Crippen molar-refractivity contribution >= 4 is 5.91 Å². The Labute approximate surface area is 255 Å². The molecule has 2 aliphatic heterocycles. The Balaban J connectivity index is 1.71. The van der Waals surface area contributed by atoms with Crippen molar-refractivity contribution in [3.63, 3.8) is 0 Å². The van der Waals surface area contributed by atoms with E-state index in [0.29, 0.717) is 6.42 Å². The molecule has 1 aromatic rings. The van der Waals surface area contributed by atoms with Gasteiger partial charge in [0.2, 0.25) is 5.91 Å². The molecule has 2 saturated heterocycles. The van der Waals surface area contributed by atoms with E-state index in [1.165, 1.54) is 0 Å². The van der Waals surface area contributed by atoms with Crippen LogP contribution in [0.5, 0.6) is 0 Å². The second-order valence-corrected chi connectivity index (χ2v) is 17.9. The number of rotatable bonds is 13. The van der Waals surface area contributed by atoms with Crippen molar-refractivity contribution in [1.82, 2.24) is 14.5 Å². The molecule has 4 rings (SSSR count). The van der Waals surface area contributed by atoms with Gasteiger partial charge in [0.15, 0.2) is 0 Å². The van der Waals surface area contributed by atoms with Crippen molar-refractivity contribution in [3.05, 3.63) is 18.7 Å². The largest absolute Gasteiger partial charge is 0.353 e. The third-order valence-electron chi connectivity index (χ3n) is 13.2. The lowest BCUT2D eigenvalue weighted by molar-refractivity contribution is -0.140. The Morgan fingerprint density at radius 1 is 1.07 bits per heavy atom. The van der Waals surface area contributed by atoms with Gasteiger partial charge < -0.3 is 31.4 Å². The Hall–Kier alpha value is -1.48. The molecular weight excluding hydrogens is 524 g/mol. The number of nitrogens with zero attached hydrogens (tertiary/aromatic N) is 3. The fraction of sp³-hybridized carbons (Fsp3) is 0.882. The van der Waals surface area contributed by atoms with E-state index in [1.54, 1.807) is 0 Å². The van der Waals surface area contributed by atoms with Gasteiger partial charge in [0.1, 0.15) is 12.3 Å². The SMILES string of the molecule is CC(C)(N)CC(N1CCCC1=O)C(C)(C)C(C)(C)CC(C)(C1OC1N)C(C)(C)C(C)(C)CC1(n2ccnc2)CC1(C)N. The minimum Gasteiger partial charge on any atom is -0.353 e. The molecule has 6 atom stereocenters. The van der Waals surface area contributed by atoms with Crippen molar-refractivity contribution in [3.8, 4) is 0 Å². The first-order valence-corrected chi connectivity index (χ1v) is 16.1. The number of carbonyl (C=O) groups is 1. The summed E-state index contributed by atoms with van der Waals surface area (Å²) in [5.74, 6) is 0.254. The molecule has 6 N–H and O–H groups in total. The third-order valence-corrected chi connectivity index (χ3v) is 13.2. The minimum atomic E-state index is -0.395. The lowest BCUT2D eigenvalue weighted by atomic mass is 9.46. The van der Waals surface area contributed by atoms with Crippen LogP contribution in [0.1, 0.15) is 122 Å². The molecule has 1 aliphatic carbocycles. The van der Waals surface area contributed by atoms with Gasteiger partial charge in [-0.2, -0.15) is 0 Å². The second kappa shape index (κ2) is 10.0. The van der Waals surface area contributed by atoms with Gasteiger partial charge in [-0.25, -0.2) is 4.98 Å². The van der Waals surface area contributed by atoms with E-state index in [0.717, 1.165) is 38.6 Å². The zero-order valence-corrected chi connectivity index (χ0v) is 28.8. The van der Waals surface area contributed by atoms with Crippen LogP contribution in [0.4, 0.5) is 0 Å². The maximum atomic E-state index is 13.1. The zero-order valence-electron chi connectivity index (χ0n) is 28.8. The topological polar surface area (TPSA) is 129 Å². The van der Waals surface area contributed by atoms with E-state index >= 15 is 0 Å². The van der Waals surface area contributed by atoms with Gasteiger partial charge in [-0.3, -0.25) is 4.79 Å². The molecule has 1 amide bonds. The van der Waals surface area contributed by atoms with Crippen LogP contribution in [0.2, 0.25) is 0 Å². The van der Waals surface area contributed by atoms with Crippen LogP contribution in [0, 0.1) is 27.1 Å². The average Bonchev–Trinajstić information content (AvgIpc) is 3.43. The number of hydrogen-bond donors (Lipinski definition) is 3. The summed E-state index contributed by atoms with van der Waals surface area (Å²) in [5.41, 5.74) is 18.2. The first-order chi connectivity index (χ1) is 18.9. The summed E-state index contributed by atoms with van der Waals surface area (Å²) >= 11 is 0. The lowest BCUT2D eigenvalue weighted by Crippen LogP contribution is -2.59. The summed E-state index contributed by atoms with van der Waals surface area (Å²) in [7, 11) is 0. The fourth-order valence-corrected chi connectivity index (χ4v) is 8.71. The van der Waals surface area contributed by atoms with Crippen LogP contribution in [-0.2, 0) is 15.1 Å². The molecule has 0 spiro atoms.